The van der Waals surface area contributed by atoms with Crippen molar-refractivity contribution in [3.63, 3.8) is 0 Å². The molecule has 3 N–H and O–H groups in total. The van der Waals surface area contributed by atoms with Gasteiger partial charge in [-0.25, -0.2) is 4.98 Å². The van der Waals surface area contributed by atoms with Crippen LogP contribution in [0.15, 0.2) is 6.07 Å². The van der Waals surface area contributed by atoms with Crippen molar-refractivity contribution >= 4 is 34.8 Å². The summed E-state index contributed by atoms with van der Waals surface area (Å²) in [6, 6.07) is 1.97. The van der Waals surface area contributed by atoms with Gasteiger partial charge in [0.05, 0.1) is 18.7 Å². The lowest BCUT2D eigenvalue weighted by Gasteiger charge is -2.29. The number of rotatable bonds is 2. The smallest absolute Gasteiger partial charge is 0.246 e. The molecule has 0 spiro atoms. The predicted octanol–water partition coefficient (Wildman–Crippen LogP) is 0.0574. The number of piperazine rings is 1. The molecule has 0 bridgehead atoms. The summed E-state index contributed by atoms with van der Waals surface area (Å²) in [5.74, 6) is -0.120. The number of nitrogens with zero attached hydrogens (tertiary/aromatic N) is 2. The fourth-order valence-electron chi connectivity index (χ4n) is 2.83. The van der Waals surface area contributed by atoms with Crippen LogP contribution in [0.4, 0.5) is 5.82 Å². The van der Waals surface area contributed by atoms with Gasteiger partial charge in [-0.15, -0.1) is 0 Å². The van der Waals surface area contributed by atoms with E-state index in [-0.39, 0.29) is 29.9 Å². The second-order valence-electron chi connectivity index (χ2n) is 5.36. The first-order valence-electron chi connectivity index (χ1n) is 6.95. The number of anilines is 1. The van der Waals surface area contributed by atoms with Crippen molar-refractivity contribution in [3.8, 4) is 0 Å². The van der Waals surface area contributed by atoms with Gasteiger partial charge in [0.1, 0.15) is 10.8 Å². The van der Waals surface area contributed by atoms with E-state index < -0.39 is 0 Å². The first kappa shape index (κ1) is 13.9. The average molecular weight is 304 g/mol. The normalized spacial score (nSPS) is 18.2. The maximum absolute atomic E-state index is 11.6. The molecule has 2 heterocycles. The largest absolute Gasteiger partial charge is 0.389 e. The first-order valence-corrected chi connectivity index (χ1v) is 7.35. The van der Waals surface area contributed by atoms with Crippen LogP contribution < -0.4 is 16.0 Å². The Morgan fingerprint density at radius 2 is 1.90 bits per heavy atom. The minimum Gasteiger partial charge on any atom is -0.389 e. The minimum absolute atomic E-state index is 0.0904. The minimum atomic E-state index is -0.334. The summed E-state index contributed by atoms with van der Waals surface area (Å²) in [5.41, 5.74) is 8.64. The Hall–Kier alpha value is -2.02. The van der Waals surface area contributed by atoms with Crippen molar-refractivity contribution in [2.45, 2.75) is 25.7 Å². The Balaban J connectivity index is 2.05. The monoisotopic (exact) mass is 304 g/mol. The fraction of sp³-hybridized carbons (Fsp3) is 0.429. The van der Waals surface area contributed by atoms with Crippen molar-refractivity contribution in [2.24, 2.45) is 5.73 Å². The number of thiocarbonyl (C=S) groups is 1. The van der Waals surface area contributed by atoms with Crippen LogP contribution in [0, 0.1) is 0 Å². The van der Waals surface area contributed by atoms with Gasteiger partial charge in [0.25, 0.3) is 0 Å². The zero-order valence-corrected chi connectivity index (χ0v) is 12.3. The molecule has 2 aliphatic rings. The highest BCUT2D eigenvalue weighted by molar-refractivity contribution is 7.80. The molecule has 3 rings (SSSR count). The number of fused-ring (bicyclic) bond motifs is 1. The number of aromatic nitrogens is 1. The van der Waals surface area contributed by atoms with Crippen LogP contribution >= 0.6 is 12.2 Å². The van der Waals surface area contributed by atoms with Crippen LogP contribution in [0.1, 0.15) is 29.7 Å². The Bertz CT molecular complexity index is 628. The Morgan fingerprint density at radius 1 is 1.24 bits per heavy atom. The second kappa shape index (κ2) is 5.40. The Kier molecular flexibility index (Phi) is 3.59. The molecule has 2 amide bonds. The SMILES string of the molecule is NC(=S)c1cc2c(nc1N1CC(=O)NC(=O)C1)CCCC2. The Labute approximate surface area is 127 Å². The molecule has 6 nitrogen and oxygen atoms in total. The third kappa shape index (κ3) is 2.73. The van der Waals surface area contributed by atoms with Gasteiger partial charge >= 0.3 is 0 Å². The number of nitrogens with one attached hydrogen (secondary N) is 1. The maximum atomic E-state index is 11.6. The summed E-state index contributed by atoms with van der Waals surface area (Å²) < 4.78 is 0. The first-order chi connectivity index (χ1) is 10.0. The molecular formula is C14H16N4O2S. The lowest BCUT2D eigenvalue weighted by atomic mass is 9.94. The molecule has 21 heavy (non-hydrogen) atoms. The summed E-state index contributed by atoms with van der Waals surface area (Å²) in [5, 5.41) is 2.28. The van der Waals surface area contributed by atoms with Crippen molar-refractivity contribution < 1.29 is 9.59 Å². The van der Waals surface area contributed by atoms with E-state index in [2.05, 4.69) is 10.3 Å². The molecule has 110 valence electrons. The summed E-state index contributed by atoms with van der Waals surface area (Å²) in [4.78, 5) is 29.7. The predicted molar refractivity (Wildman–Crippen MR) is 82.1 cm³/mol. The zero-order valence-electron chi connectivity index (χ0n) is 11.5. The standard InChI is InChI=1S/C14H16N4O2S/c15-13(21)9-5-8-3-1-2-4-10(8)16-14(9)18-6-11(19)17-12(20)7-18/h5H,1-4,6-7H2,(H2,15,21)(H,17,19,20). The number of carbonyl (C=O) groups excluding carboxylic acids is 2. The molecule has 0 aromatic carbocycles. The number of amides is 2. The van der Waals surface area contributed by atoms with Gasteiger partial charge in [-0.3, -0.25) is 14.9 Å². The highest BCUT2D eigenvalue weighted by Gasteiger charge is 2.27. The van der Waals surface area contributed by atoms with Crippen LogP contribution in [-0.4, -0.2) is 34.9 Å². The number of hydrogen-bond donors (Lipinski definition) is 2. The second-order valence-corrected chi connectivity index (χ2v) is 5.80. The zero-order chi connectivity index (χ0) is 15.0. The van der Waals surface area contributed by atoms with Crippen LogP contribution in [0.5, 0.6) is 0 Å². The van der Waals surface area contributed by atoms with Crippen molar-refractivity contribution in [1.82, 2.24) is 10.3 Å². The summed E-state index contributed by atoms with van der Waals surface area (Å²) in [7, 11) is 0. The van der Waals surface area contributed by atoms with Gasteiger partial charge in [0.2, 0.25) is 11.8 Å². The maximum Gasteiger partial charge on any atom is 0.246 e. The van der Waals surface area contributed by atoms with E-state index in [0.29, 0.717) is 11.4 Å². The molecule has 0 atom stereocenters. The van der Waals surface area contributed by atoms with Crippen LogP contribution in [0.25, 0.3) is 0 Å². The van der Waals surface area contributed by atoms with Gasteiger partial charge in [-0.2, -0.15) is 0 Å². The van der Waals surface area contributed by atoms with E-state index in [1.54, 1.807) is 4.90 Å². The molecule has 0 unspecified atom stereocenters. The lowest BCUT2D eigenvalue weighted by Crippen LogP contribution is -2.52. The van der Waals surface area contributed by atoms with E-state index in [4.69, 9.17) is 18.0 Å². The Morgan fingerprint density at radius 3 is 2.57 bits per heavy atom. The third-order valence-corrected chi connectivity index (χ3v) is 4.01. The third-order valence-electron chi connectivity index (χ3n) is 3.79. The molecule has 1 fully saturated rings. The number of carbonyl (C=O) groups is 2. The van der Waals surface area contributed by atoms with E-state index >= 15 is 0 Å². The van der Waals surface area contributed by atoms with E-state index in [1.807, 2.05) is 6.07 Å². The summed E-state index contributed by atoms with van der Waals surface area (Å²) >= 11 is 5.11. The van der Waals surface area contributed by atoms with Gasteiger partial charge in [0.15, 0.2) is 0 Å². The van der Waals surface area contributed by atoms with Crippen LogP contribution in [-0.2, 0) is 22.4 Å². The molecule has 1 aromatic rings. The number of hydrogen-bond acceptors (Lipinski definition) is 5. The van der Waals surface area contributed by atoms with Crippen molar-refractivity contribution in [2.75, 3.05) is 18.0 Å². The summed E-state index contributed by atoms with van der Waals surface area (Å²) in [6.45, 7) is 0.181. The van der Waals surface area contributed by atoms with Gasteiger partial charge in [-0.05, 0) is 37.3 Å². The van der Waals surface area contributed by atoms with Gasteiger partial charge < -0.3 is 10.6 Å². The van der Waals surface area contributed by atoms with E-state index in [9.17, 15) is 9.59 Å². The van der Waals surface area contributed by atoms with Crippen LogP contribution in [0.2, 0.25) is 0 Å². The lowest BCUT2D eigenvalue weighted by molar-refractivity contribution is -0.130. The number of imide groups is 1. The summed E-state index contributed by atoms with van der Waals surface area (Å²) in [6.07, 6.45) is 4.12. The molecule has 7 heteroatoms. The molecule has 1 aliphatic carbocycles. The topological polar surface area (TPSA) is 88.3 Å². The molecule has 0 saturated carbocycles. The quantitative estimate of drug-likeness (QED) is 0.593. The molecule has 0 radical (unpaired) electrons. The molecule has 1 saturated heterocycles. The fourth-order valence-corrected chi connectivity index (χ4v) is 2.98. The number of aryl methyl sites for hydroxylation is 2. The van der Waals surface area contributed by atoms with E-state index in [0.717, 1.165) is 31.4 Å². The highest BCUT2D eigenvalue weighted by atomic mass is 32.1. The number of pyridine rings is 1. The van der Waals surface area contributed by atoms with Crippen LogP contribution in [0.3, 0.4) is 0 Å². The molecule has 1 aromatic heterocycles. The number of nitrogens with two attached hydrogens (primary N) is 1. The van der Waals surface area contributed by atoms with Gasteiger partial charge in [-0.1, -0.05) is 12.2 Å². The molecule has 1 aliphatic heterocycles. The van der Waals surface area contributed by atoms with Crippen molar-refractivity contribution in [3.05, 3.63) is 22.9 Å². The average Bonchev–Trinajstić information content (AvgIpc) is 2.44. The molecular weight excluding hydrogens is 288 g/mol. The van der Waals surface area contributed by atoms with Gasteiger partial charge in [0, 0.05) is 5.69 Å². The highest BCUT2D eigenvalue weighted by Crippen LogP contribution is 2.27. The van der Waals surface area contributed by atoms with E-state index in [1.165, 1.54) is 5.56 Å². The van der Waals surface area contributed by atoms with Crippen molar-refractivity contribution in [1.29, 1.82) is 0 Å².